The second kappa shape index (κ2) is 10.5. The summed E-state index contributed by atoms with van der Waals surface area (Å²) >= 11 is 18.5. The highest BCUT2D eigenvalue weighted by Gasteiger charge is 2.31. The molecule has 35 heavy (non-hydrogen) atoms. The van der Waals surface area contributed by atoms with Crippen LogP contribution in [0.15, 0.2) is 66.1 Å². The molecule has 0 spiro atoms. The zero-order chi connectivity index (χ0) is 25.1. The average Bonchev–Trinajstić information content (AvgIpc) is 2.83. The molecule has 1 unspecified atom stereocenters. The first-order chi connectivity index (χ1) is 16.8. The van der Waals surface area contributed by atoms with Crippen LogP contribution >= 0.6 is 34.8 Å². The Balaban J connectivity index is 1.62. The Morgan fingerprint density at radius 3 is 2.40 bits per heavy atom. The maximum absolute atomic E-state index is 12.8. The zero-order valence-electron chi connectivity index (χ0n) is 18.5. The Morgan fingerprint density at radius 2 is 1.77 bits per heavy atom. The van der Waals surface area contributed by atoms with Crippen molar-refractivity contribution in [3.05, 3.63) is 97.8 Å². The normalized spacial score (nSPS) is 14.5. The Morgan fingerprint density at radius 1 is 1.09 bits per heavy atom. The van der Waals surface area contributed by atoms with Crippen LogP contribution in [-0.4, -0.2) is 12.6 Å². The summed E-state index contributed by atoms with van der Waals surface area (Å²) in [5.74, 6) is -0.245. The summed E-state index contributed by atoms with van der Waals surface area (Å²) in [5, 5.41) is 10.7. The van der Waals surface area contributed by atoms with Gasteiger partial charge in [0.15, 0.2) is 5.75 Å². The molecule has 0 amide bonds. The van der Waals surface area contributed by atoms with Crippen LogP contribution < -0.4 is 19.9 Å². The monoisotopic (exact) mass is 528 g/mol. The molecule has 0 fully saturated rings. The molecule has 0 radical (unpaired) electrons. The van der Waals surface area contributed by atoms with Gasteiger partial charge in [0.2, 0.25) is 5.88 Å². The molecular weight excluding hydrogens is 511 g/mol. The minimum atomic E-state index is -0.665. The Labute approximate surface area is 217 Å². The van der Waals surface area contributed by atoms with Crippen molar-refractivity contribution in [1.29, 1.82) is 5.26 Å². The molecule has 0 aliphatic carbocycles. The molecule has 3 aromatic carbocycles. The van der Waals surface area contributed by atoms with Gasteiger partial charge in [0.1, 0.15) is 23.1 Å². The molecule has 0 saturated heterocycles. The Kier molecular flexibility index (Phi) is 7.42. The molecule has 0 bridgehead atoms. The maximum atomic E-state index is 12.8. The van der Waals surface area contributed by atoms with E-state index in [9.17, 15) is 10.1 Å². The van der Waals surface area contributed by atoms with Gasteiger partial charge in [-0.3, -0.25) is 0 Å². The summed E-state index contributed by atoms with van der Waals surface area (Å²) in [7, 11) is 0. The molecule has 0 aromatic heterocycles. The van der Waals surface area contributed by atoms with Crippen molar-refractivity contribution in [1.82, 2.24) is 0 Å². The van der Waals surface area contributed by atoms with Crippen LogP contribution in [0.5, 0.6) is 17.2 Å². The fourth-order valence-corrected chi connectivity index (χ4v) is 4.41. The predicted octanol–water partition coefficient (Wildman–Crippen LogP) is 6.87. The van der Waals surface area contributed by atoms with Crippen LogP contribution in [0, 0.1) is 11.3 Å². The number of carbonyl (C=O) groups is 1. The molecule has 9 heteroatoms. The highest BCUT2D eigenvalue weighted by Crippen LogP contribution is 2.43. The van der Waals surface area contributed by atoms with E-state index in [1.807, 2.05) is 19.1 Å². The van der Waals surface area contributed by atoms with Crippen molar-refractivity contribution in [3.63, 3.8) is 0 Å². The number of esters is 1. The number of nitriles is 1. The maximum Gasteiger partial charge on any atom is 0.343 e. The summed E-state index contributed by atoms with van der Waals surface area (Å²) in [6.45, 7) is 2.40. The van der Waals surface area contributed by atoms with E-state index < -0.39 is 11.9 Å². The summed E-state index contributed by atoms with van der Waals surface area (Å²) in [5.41, 5.74) is 8.00. The lowest BCUT2D eigenvalue weighted by Crippen LogP contribution is -2.21. The molecule has 4 rings (SSSR count). The lowest BCUT2D eigenvalue weighted by atomic mass is 9.83. The second-order valence-electron chi connectivity index (χ2n) is 7.68. The predicted molar refractivity (Wildman–Crippen MR) is 134 cm³/mol. The molecule has 6 nitrogen and oxygen atoms in total. The van der Waals surface area contributed by atoms with E-state index in [1.165, 1.54) is 12.1 Å². The molecule has 1 aliphatic rings. The van der Waals surface area contributed by atoms with Crippen molar-refractivity contribution in [2.24, 2.45) is 5.73 Å². The third-order valence-electron chi connectivity index (χ3n) is 5.29. The molecule has 1 heterocycles. The number of allylic oxidation sites excluding steroid dienone is 1. The lowest BCUT2D eigenvalue weighted by molar-refractivity contribution is 0.0734. The van der Waals surface area contributed by atoms with Gasteiger partial charge in [-0.05, 0) is 42.3 Å². The number of nitrogens with zero attached hydrogens (tertiary/aromatic N) is 1. The smallest absolute Gasteiger partial charge is 0.343 e. The lowest BCUT2D eigenvalue weighted by Gasteiger charge is -2.26. The first-order valence-corrected chi connectivity index (χ1v) is 11.8. The van der Waals surface area contributed by atoms with Crippen LogP contribution in [-0.2, 0) is 0 Å². The Hall–Kier alpha value is -3.37. The van der Waals surface area contributed by atoms with Crippen molar-refractivity contribution in [2.45, 2.75) is 19.3 Å². The first kappa shape index (κ1) is 24.7. The van der Waals surface area contributed by atoms with E-state index in [2.05, 4.69) is 6.07 Å². The topological polar surface area (TPSA) is 94.6 Å². The number of ether oxygens (including phenoxy) is 3. The first-order valence-electron chi connectivity index (χ1n) is 10.6. The minimum Gasteiger partial charge on any atom is -0.490 e. The number of benzene rings is 3. The third-order valence-corrected chi connectivity index (χ3v) is 6.10. The van der Waals surface area contributed by atoms with Gasteiger partial charge >= 0.3 is 5.97 Å². The molecule has 178 valence electrons. The van der Waals surface area contributed by atoms with E-state index in [1.54, 1.807) is 30.3 Å². The number of halogens is 3. The fourth-order valence-electron chi connectivity index (χ4n) is 3.68. The van der Waals surface area contributed by atoms with Crippen molar-refractivity contribution in [3.8, 4) is 23.3 Å². The number of rotatable bonds is 6. The van der Waals surface area contributed by atoms with Gasteiger partial charge in [-0.15, -0.1) is 0 Å². The van der Waals surface area contributed by atoms with Crippen LogP contribution in [0.2, 0.25) is 15.1 Å². The van der Waals surface area contributed by atoms with Gasteiger partial charge < -0.3 is 19.9 Å². The van der Waals surface area contributed by atoms with Crippen molar-refractivity contribution >= 4 is 40.8 Å². The Bertz CT molecular complexity index is 1340. The number of carbonyl (C=O) groups excluding carboxylic acids is 1. The number of fused-ring (bicyclic) bond motifs is 1. The fraction of sp³-hybridized carbons (Fsp3) is 0.154. The number of nitrogens with two attached hydrogens (primary N) is 1. The molecular formula is C26H19Cl3N2O4. The quantitative estimate of drug-likeness (QED) is 0.276. The van der Waals surface area contributed by atoms with E-state index in [0.29, 0.717) is 28.7 Å². The summed E-state index contributed by atoms with van der Waals surface area (Å²) in [4.78, 5) is 12.8. The standard InChI is InChI=1S/C26H19Cl3N2O4/c1-2-9-33-24-20(28)10-15(11-21(24)29)26(32)34-17-7-8-18-22(12-17)35-25(31)19(13-30)23(18)14-3-5-16(27)6-4-14/h3-8,10-12,23H,2,9,31H2,1H3. The van der Waals surface area contributed by atoms with Crippen molar-refractivity contribution < 1.29 is 19.0 Å². The SMILES string of the molecule is CCCOc1c(Cl)cc(C(=O)Oc2ccc3c(c2)OC(N)=C(C#N)C3c2ccc(Cl)cc2)cc1Cl. The van der Waals surface area contributed by atoms with E-state index >= 15 is 0 Å². The molecule has 2 N–H and O–H groups in total. The van der Waals surface area contributed by atoms with Gasteiger partial charge in [-0.1, -0.05) is 59.9 Å². The third kappa shape index (κ3) is 5.18. The van der Waals surface area contributed by atoms with Gasteiger partial charge in [0.05, 0.1) is 28.1 Å². The molecule has 3 aromatic rings. The summed E-state index contributed by atoms with van der Waals surface area (Å²) in [6.07, 6.45) is 0.783. The number of hydrogen-bond acceptors (Lipinski definition) is 6. The average molecular weight is 530 g/mol. The van der Waals surface area contributed by atoms with Gasteiger partial charge in [0.25, 0.3) is 0 Å². The highest BCUT2D eigenvalue weighted by atomic mass is 35.5. The summed E-state index contributed by atoms with van der Waals surface area (Å²) < 4.78 is 16.7. The number of hydrogen-bond donors (Lipinski definition) is 1. The largest absolute Gasteiger partial charge is 0.490 e. The van der Waals surface area contributed by atoms with Gasteiger partial charge in [-0.25, -0.2) is 4.79 Å². The van der Waals surface area contributed by atoms with Crippen LogP contribution in [0.3, 0.4) is 0 Å². The van der Waals surface area contributed by atoms with Crippen molar-refractivity contribution in [2.75, 3.05) is 6.61 Å². The van der Waals surface area contributed by atoms with E-state index in [-0.39, 0.29) is 32.8 Å². The minimum absolute atomic E-state index is 0.0235. The molecule has 0 saturated carbocycles. The van der Waals surface area contributed by atoms with Gasteiger partial charge in [-0.2, -0.15) is 5.26 Å². The highest BCUT2D eigenvalue weighted by molar-refractivity contribution is 6.37. The molecule has 1 atom stereocenters. The zero-order valence-corrected chi connectivity index (χ0v) is 20.7. The summed E-state index contributed by atoms with van der Waals surface area (Å²) in [6, 6.07) is 17.0. The van der Waals surface area contributed by atoms with E-state index in [4.69, 9.17) is 54.7 Å². The second-order valence-corrected chi connectivity index (χ2v) is 8.93. The van der Waals surface area contributed by atoms with Crippen LogP contribution in [0.4, 0.5) is 0 Å². The molecule has 1 aliphatic heterocycles. The van der Waals surface area contributed by atoms with E-state index in [0.717, 1.165) is 12.0 Å². The van der Waals surface area contributed by atoms with Crippen LogP contribution in [0.1, 0.15) is 40.7 Å². The van der Waals surface area contributed by atoms with Crippen LogP contribution in [0.25, 0.3) is 0 Å². The van der Waals surface area contributed by atoms with Gasteiger partial charge in [0, 0.05) is 16.7 Å².